The van der Waals surface area contributed by atoms with Gasteiger partial charge in [0.05, 0.1) is 17.1 Å². The first-order valence-corrected chi connectivity index (χ1v) is 8.63. The summed E-state index contributed by atoms with van der Waals surface area (Å²) >= 11 is 5.95. The Kier molecular flexibility index (Phi) is 3.96. The summed E-state index contributed by atoms with van der Waals surface area (Å²) in [5, 5.41) is 8.30. The second-order valence-electron chi connectivity index (χ2n) is 6.41. The Hall–Kier alpha value is -2.40. The van der Waals surface area contributed by atoms with Crippen molar-refractivity contribution in [2.75, 3.05) is 6.54 Å². The first-order valence-electron chi connectivity index (χ1n) is 8.25. The lowest BCUT2D eigenvalue weighted by atomic mass is 10.0. The summed E-state index contributed by atoms with van der Waals surface area (Å²) in [7, 11) is 0. The molecular weight excluding hydrogens is 341 g/mol. The molecule has 25 heavy (non-hydrogen) atoms. The van der Waals surface area contributed by atoms with E-state index in [9.17, 15) is 9.18 Å². The van der Waals surface area contributed by atoms with Crippen molar-refractivity contribution in [2.24, 2.45) is 0 Å². The van der Waals surface area contributed by atoms with Crippen LogP contribution in [0.15, 0.2) is 36.4 Å². The van der Waals surface area contributed by atoms with Gasteiger partial charge in [0, 0.05) is 28.7 Å². The summed E-state index contributed by atoms with van der Waals surface area (Å²) in [6.07, 6.45) is 1.76. The molecule has 4 rings (SSSR count). The number of hydrogen-bond donors (Lipinski definition) is 1. The molecule has 3 aromatic rings. The number of rotatable bonds is 2. The minimum Gasteiger partial charge on any atom is -0.332 e. The number of carbonyl (C=O) groups excluding carboxylic acids is 1. The number of nitrogens with one attached hydrogen (secondary N) is 1. The van der Waals surface area contributed by atoms with Crippen LogP contribution in [0.5, 0.6) is 0 Å². The smallest absolute Gasteiger partial charge is 0.257 e. The van der Waals surface area contributed by atoms with Gasteiger partial charge in [-0.1, -0.05) is 23.7 Å². The number of aromatic amines is 1. The lowest BCUT2D eigenvalue weighted by molar-refractivity contribution is 0.0731. The second-order valence-corrected chi connectivity index (χ2v) is 6.84. The zero-order chi connectivity index (χ0) is 17.6. The van der Waals surface area contributed by atoms with Gasteiger partial charge >= 0.3 is 0 Å². The molecule has 1 aliphatic heterocycles. The lowest BCUT2D eigenvalue weighted by Crippen LogP contribution is -2.31. The molecule has 1 aromatic heterocycles. The number of likely N-dealkylation sites (tertiary alicyclic amines) is 1. The molecule has 4 nitrogen and oxygen atoms in total. The molecule has 1 amide bonds. The molecule has 1 N–H and O–H groups in total. The number of aryl methyl sites for hydroxylation is 1. The Balaban J connectivity index is 1.71. The average molecular weight is 358 g/mol. The number of hydrogen-bond acceptors (Lipinski definition) is 2. The fourth-order valence-corrected chi connectivity index (χ4v) is 3.65. The number of carbonyl (C=O) groups is 1. The van der Waals surface area contributed by atoms with Crippen molar-refractivity contribution in [2.45, 2.75) is 25.8 Å². The second kappa shape index (κ2) is 6.15. The maximum absolute atomic E-state index is 14.5. The maximum atomic E-state index is 14.5. The minimum absolute atomic E-state index is 0.0506. The average Bonchev–Trinajstić information content (AvgIpc) is 3.22. The van der Waals surface area contributed by atoms with Gasteiger partial charge in [0.15, 0.2) is 0 Å². The zero-order valence-electron chi connectivity index (χ0n) is 13.7. The zero-order valence-corrected chi connectivity index (χ0v) is 14.5. The molecule has 2 heterocycles. The Bertz CT molecular complexity index is 951. The van der Waals surface area contributed by atoms with E-state index in [1.54, 1.807) is 11.0 Å². The first-order chi connectivity index (χ1) is 12.0. The highest BCUT2D eigenvalue weighted by Crippen LogP contribution is 2.34. The van der Waals surface area contributed by atoms with Crippen molar-refractivity contribution in [1.29, 1.82) is 0 Å². The van der Waals surface area contributed by atoms with Crippen molar-refractivity contribution in [1.82, 2.24) is 15.1 Å². The molecule has 0 spiro atoms. The van der Waals surface area contributed by atoms with E-state index in [-0.39, 0.29) is 17.5 Å². The Morgan fingerprint density at radius 1 is 1.32 bits per heavy atom. The quantitative estimate of drug-likeness (QED) is 0.726. The predicted molar refractivity (Wildman–Crippen MR) is 95.3 cm³/mol. The van der Waals surface area contributed by atoms with E-state index in [0.29, 0.717) is 17.1 Å². The molecule has 0 radical (unpaired) electrons. The fourth-order valence-electron chi connectivity index (χ4n) is 3.52. The van der Waals surface area contributed by atoms with Crippen molar-refractivity contribution < 1.29 is 9.18 Å². The number of fused-ring (bicyclic) bond motifs is 1. The van der Waals surface area contributed by atoms with Crippen LogP contribution in [0.4, 0.5) is 4.39 Å². The number of benzene rings is 2. The number of amides is 1. The van der Waals surface area contributed by atoms with Crippen LogP contribution in [0.3, 0.4) is 0 Å². The third-order valence-electron chi connectivity index (χ3n) is 4.83. The first kappa shape index (κ1) is 16.1. The molecule has 1 atom stereocenters. The van der Waals surface area contributed by atoms with Gasteiger partial charge in [0.25, 0.3) is 5.91 Å². The number of aromatic nitrogens is 2. The normalized spacial score (nSPS) is 17.4. The van der Waals surface area contributed by atoms with Gasteiger partial charge in [-0.05, 0) is 43.5 Å². The Morgan fingerprint density at radius 3 is 2.84 bits per heavy atom. The van der Waals surface area contributed by atoms with E-state index < -0.39 is 5.82 Å². The highest BCUT2D eigenvalue weighted by Gasteiger charge is 2.32. The SMILES string of the molecule is Cc1[nH]nc2cc(F)c(C(=O)N3CCC[C@H]3c3ccc(Cl)cc3)cc12. The molecule has 6 heteroatoms. The molecule has 128 valence electrons. The van der Waals surface area contributed by atoms with Crippen LogP contribution in [-0.2, 0) is 0 Å². The molecule has 0 unspecified atom stereocenters. The lowest BCUT2D eigenvalue weighted by Gasteiger charge is -2.25. The topological polar surface area (TPSA) is 49.0 Å². The summed E-state index contributed by atoms with van der Waals surface area (Å²) in [6, 6.07) is 10.4. The van der Waals surface area contributed by atoms with Crippen LogP contribution in [-0.4, -0.2) is 27.5 Å². The van der Waals surface area contributed by atoms with Crippen molar-refractivity contribution in [3.63, 3.8) is 0 Å². The van der Waals surface area contributed by atoms with E-state index in [1.165, 1.54) is 6.07 Å². The predicted octanol–water partition coefficient (Wildman–Crippen LogP) is 4.64. The van der Waals surface area contributed by atoms with Crippen LogP contribution in [0.1, 0.15) is 40.5 Å². The van der Waals surface area contributed by atoms with Crippen LogP contribution in [0, 0.1) is 12.7 Å². The van der Waals surface area contributed by atoms with Gasteiger partial charge in [0.1, 0.15) is 5.82 Å². The Morgan fingerprint density at radius 2 is 2.08 bits per heavy atom. The van der Waals surface area contributed by atoms with Gasteiger partial charge in [-0.2, -0.15) is 5.10 Å². The number of nitrogens with zero attached hydrogens (tertiary/aromatic N) is 2. The van der Waals surface area contributed by atoms with Crippen LogP contribution >= 0.6 is 11.6 Å². The van der Waals surface area contributed by atoms with Crippen LogP contribution < -0.4 is 0 Å². The highest BCUT2D eigenvalue weighted by molar-refractivity contribution is 6.30. The molecule has 2 aromatic carbocycles. The van der Waals surface area contributed by atoms with Crippen molar-refractivity contribution in [3.8, 4) is 0 Å². The van der Waals surface area contributed by atoms with Gasteiger partial charge in [-0.25, -0.2) is 4.39 Å². The summed E-state index contributed by atoms with van der Waals surface area (Å²) in [4.78, 5) is 14.8. The van der Waals surface area contributed by atoms with Gasteiger partial charge in [0.2, 0.25) is 0 Å². The van der Waals surface area contributed by atoms with Crippen LogP contribution in [0.25, 0.3) is 10.9 Å². The summed E-state index contributed by atoms with van der Waals surface area (Å²) in [5.41, 5.74) is 2.47. The molecule has 1 aliphatic rings. The molecule has 0 saturated carbocycles. The van der Waals surface area contributed by atoms with Gasteiger partial charge in [-0.15, -0.1) is 0 Å². The molecule has 1 fully saturated rings. The largest absolute Gasteiger partial charge is 0.332 e. The third kappa shape index (κ3) is 2.78. The standard InChI is InChI=1S/C19H17ClFN3O/c1-11-14-9-15(16(21)10-17(14)23-22-11)19(25)24-8-2-3-18(24)12-4-6-13(20)7-5-12/h4-7,9-10,18H,2-3,8H2,1H3,(H,22,23)/t18-/m0/s1. The van der Waals surface area contributed by atoms with Crippen molar-refractivity contribution in [3.05, 3.63) is 64.1 Å². The third-order valence-corrected chi connectivity index (χ3v) is 5.08. The summed E-state index contributed by atoms with van der Waals surface area (Å²) < 4.78 is 14.5. The van der Waals surface area contributed by atoms with Gasteiger partial charge in [-0.3, -0.25) is 9.89 Å². The number of halogens is 2. The monoisotopic (exact) mass is 357 g/mol. The molecular formula is C19H17ClFN3O. The fraction of sp³-hybridized carbons (Fsp3) is 0.263. The van der Waals surface area contributed by atoms with E-state index in [2.05, 4.69) is 10.2 Å². The highest BCUT2D eigenvalue weighted by atomic mass is 35.5. The number of H-pyrrole nitrogens is 1. The van der Waals surface area contributed by atoms with Gasteiger partial charge < -0.3 is 4.90 Å². The van der Waals surface area contributed by atoms with E-state index >= 15 is 0 Å². The van der Waals surface area contributed by atoms with Crippen LogP contribution in [0.2, 0.25) is 5.02 Å². The minimum atomic E-state index is -0.536. The van der Waals surface area contributed by atoms with E-state index in [1.807, 2.05) is 31.2 Å². The summed E-state index contributed by atoms with van der Waals surface area (Å²) in [5.74, 6) is -0.816. The summed E-state index contributed by atoms with van der Waals surface area (Å²) in [6.45, 7) is 2.47. The van der Waals surface area contributed by atoms with E-state index in [0.717, 1.165) is 29.5 Å². The van der Waals surface area contributed by atoms with Crippen molar-refractivity contribution >= 4 is 28.4 Å². The molecule has 1 saturated heterocycles. The molecule has 0 bridgehead atoms. The molecule has 0 aliphatic carbocycles. The van der Waals surface area contributed by atoms with E-state index in [4.69, 9.17) is 11.6 Å². The maximum Gasteiger partial charge on any atom is 0.257 e. The Labute approximate surface area is 149 Å².